The summed E-state index contributed by atoms with van der Waals surface area (Å²) in [5.74, 6) is 0.186. The Bertz CT molecular complexity index is 1340. The van der Waals surface area contributed by atoms with Gasteiger partial charge < -0.3 is 9.32 Å². The average Bonchev–Trinajstić information content (AvgIpc) is 3.39. The van der Waals surface area contributed by atoms with Gasteiger partial charge in [-0.05, 0) is 52.6 Å². The fourth-order valence-electron chi connectivity index (χ4n) is 3.88. The molecule has 5 rings (SSSR count). The van der Waals surface area contributed by atoms with Crippen LogP contribution in [0.4, 0.5) is 0 Å². The number of furan rings is 1. The second-order valence-corrected chi connectivity index (χ2v) is 7.74. The average molecular weight is 418 g/mol. The van der Waals surface area contributed by atoms with Gasteiger partial charge in [0.05, 0.1) is 11.8 Å². The number of para-hydroxylation sites is 1. The first-order chi connectivity index (χ1) is 15.8. The van der Waals surface area contributed by atoms with Crippen molar-refractivity contribution in [2.24, 2.45) is 0 Å². The largest absolute Gasteiger partial charge is 0.459 e. The van der Waals surface area contributed by atoms with Crippen LogP contribution in [0.1, 0.15) is 21.7 Å². The summed E-state index contributed by atoms with van der Waals surface area (Å²) in [6.07, 6.45) is 3.37. The lowest BCUT2D eigenvalue weighted by atomic mass is 10.0. The number of hydrogen-bond donors (Lipinski definition) is 0. The summed E-state index contributed by atoms with van der Waals surface area (Å²) in [6, 6.07) is 32.1. The van der Waals surface area contributed by atoms with Gasteiger partial charge in [-0.15, -0.1) is 0 Å². The van der Waals surface area contributed by atoms with Crippen LogP contribution in [-0.2, 0) is 13.1 Å². The number of rotatable bonds is 6. The number of carbonyl (C=O) groups excluding carboxylic acids is 1. The molecule has 32 heavy (non-hydrogen) atoms. The number of hydrogen-bond acceptors (Lipinski definition) is 3. The van der Waals surface area contributed by atoms with Crippen molar-refractivity contribution in [3.63, 3.8) is 0 Å². The molecule has 0 bridgehead atoms. The number of fused-ring (bicyclic) bond motifs is 1. The van der Waals surface area contributed by atoms with E-state index in [4.69, 9.17) is 4.42 Å². The lowest BCUT2D eigenvalue weighted by Crippen LogP contribution is -2.30. The summed E-state index contributed by atoms with van der Waals surface area (Å²) in [5, 5.41) is 1.06. The fourth-order valence-corrected chi connectivity index (χ4v) is 3.88. The first-order valence-corrected chi connectivity index (χ1v) is 10.6. The van der Waals surface area contributed by atoms with Gasteiger partial charge in [0.25, 0.3) is 5.91 Å². The predicted octanol–water partition coefficient (Wildman–Crippen LogP) is 6.34. The van der Waals surface area contributed by atoms with Crippen LogP contribution in [0.15, 0.2) is 114 Å². The highest BCUT2D eigenvalue weighted by Gasteiger charge is 2.19. The van der Waals surface area contributed by atoms with Crippen molar-refractivity contribution < 1.29 is 9.21 Å². The van der Waals surface area contributed by atoms with Gasteiger partial charge in [-0.25, -0.2) is 0 Å². The maximum atomic E-state index is 13.2. The molecule has 4 heteroatoms. The Hall–Kier alpha value is -4.18. The van der Waals surface area contributed by atoms with Crippen LogP contribution < -0.4 is 0 Å². The predicted molar refractivity (Wildman–Crippen MR) is 126 cm³/mol. The second kappa shape index (κ2) is 8.90. The van der Waals surface area contributed by atoms with E-state index in [1.807, 2.05) is 60.8 Å². The van der Waals surface area contributed by atoms with E-state index in [9.17, 15) is 4.79 Å². The molecule has 5 aromatic rings. The van der Waals surface area contributed by atoms with E-state index in [0.717, 1.165) is 33.2 Å². The zero-order valence-electron chi connectivity index (χ0n) is 17.5. The standard InChI is InChI=1S/C28H22N2O2/c31-28(27-14-7-15-32-27)30(20-22-17-25-11-4-5-13-26(25)29-18-22)19-21-8-6-12-24(16-21)23-9-2-1-3-10-23/h1-18H,19-20H2. The first-order valence-electron chi connectivity index (χ1n) is 10.6. The van der Waals surface area contributed by atoms with Crippen molar-refractivity contribution in [1.29, 1.82) is 0 Å². The molecule has 156 valence electrons. The fraction of sp³-hybridized carbons (Fsp3) is 0.0714. The highest BCUT2D eigenvalue weighted by molar-refractivity contribution is 5.91. The Morgan fingerprint density at radius 1 is 0.750 bits per heavy atom. The Morgan fingerprint density at radius 2 is 1.53 bits per heavy atom. The van der Waals surface area contributed by atoms with Gasteiger partial charge in [-0.1, -0.05) is 66.7 Å². The summed E-state index contributed by atoms with van der Waals surface area (Å²) >= 11 is 0. The third-order valence-corrected chi connectivity index (χ3v) is 5.45. The number of nitrogens with zero attached hydrogens (tertiary/aromatic N) is 2. The number of pyridine rings is 1. The number of benzene rings is 3. The highest BCUT2D eigenvalue weighted by Crippen LogP contribution is 2.22. The quantitative estimate of drug-likeness (QED) is 0.323. The van der Waals surface area contributed by atoms with Crippen LogP contribution in [0, 0.1) is 0 Å². The van der Waals surface area contributed by atoms with E-state index in [0.29, 0.717) is 18.8 Å². The van der Waals surface area contributed by atoms with Crippen molar-refractivity contribution in [1.82, 2.24) is 9.88 Å². The zero-order valence-corrected chi connectivity index (χ0v) is 17.5. The molecule has 0 saturated carbocycles. The molecule has 0 atom stereocenters. The van der Waals surface area contributed by atoms with E-state index in [1.165, 1.54) is 6.26 Å². The van der Waals surface area contributed by atoms with Crippen LogP contribution in [0.2, 0.25) is 0 Å². The number of carbonyl (C=O) groups is 1. The number of aromatic nitrogens is 1. The number of amides is 1. The van der Waals surface area contributed by atoms with Gasteiger partial charge in [0, 0.05) is 24.7 Å². The molecule has 2 heterocycles. The Labute approximate surface area is 186 Å². The van der Waals surface area contributed by atoms with Crippen LogP contribution >= 0.6 is 0 Å². The minimum absolute atomic E-state index is 0.145. The molecule has 4 nitrogen and oxygen atoms in total. The topological polar surface area (TPSA) is 46.3 Å². The molecule has 0 fully saturated rings. The maximum absolute atomic E-state index is 13.2. The maximum Gasteiger partial charge on any atom is 0.290 e. The van der Waals surface area contributed by atoms with Crippen LogP contribution in [0.5, 0.6) is 0 Å². The van der Waals surface area contributed by atoms with Crippen LogP contribution in [0.3, 0.4) is 0 Å². The van der Waals surface area contributed by atoms with Crippen molar-refractivity contribution in [3.8, 4) is 11.1 Å². The van der Waals surface area contributed by atoms with Crippen molar-refractivity contribution in [2.45, 2.75) is 13.1 Å². The molecular weight excluding hydrogens is 396 g/mol. The molecule has 0 aliphatic carbocycles. The highest BCUT2D eigenvalue weighted by atomic mass is 16.3. The molecule has 0 radical (unpaired) electrons. The van der Waals surface area contributed by atoms with E-state index in [-0.39, 0.29) is 5.91 Å². The normalized spacial score (nSPS) is 10.9. The summed E-state index contributed by atoms with van der Waals surface area (Å²) in [7, 11) is 0. The van der Waals surface area contributed by atoms with E-state index >= 15 is 0 Å². The SMILES string of the molecule is O=C(c1ccco1)N(Cc1cccc(-c2ccccc2)c1)Cc1cnc2ccccc2c1. The van der Waals surface area contributed by atoms with Crippen molar-refractivity contribution in [2.75, 3.05) is 0 Å². The molecule has 0 N–H and O–H groups in total. The Kier molecular flexibility index (Phi) is 5.50. The van der Waals surface area contributed by atoms with Gasteiger partial charge >= 0.3 is 0 Å². The summed E-state index contributed by atoms with van der Waals surface area (Å²) < 4.78 is 5.41. The molecule has 0 spiro atoms. The summed E-state index contributed by atoms with van der Waals surface area (Å²) in [6.45, 7) is 0.903. The van der Waals surface area contributed by atoms with Gasteiger partial charge in [-0.2, -0.15) is 0 Å². The van der Waals surface area contributed by atoms with Gasteiger partial charge in [0.15, 0.2) is 5.76 Å². The lowest BCUT2D eigenvalue weighted by Gasteiger charge is -2.22. The van der Waals surface area contributed by atoms with E-state index < -0.39 is 0 Å². The smallest absolute Gasteiger partial charge is 0.290 e. The van der Waals surface area contributed by atoms with Crippen molar-refractivity contribution in [3.05, 3.63) is 126 Å². The van der Waals surface area contributed by atoms with Gasteiger partial charge in [0.2, 0.25) is 0 Å². The molecule has 0 saturated heterocycles. The molecule has 0 aliphatic heterocycles. The molecule has 1 amide bonds. The third-order valence-electron chi connectivity index (χ3n) is 5.45. The van der Waals surface area contributed by atoms with Crippen LogP contribution in [-0.4, -0.2) is 15.8 Å². The van der Waals surface area contributed by atoms with E-state index in [1.54, 1.807) is 17.0 Å². The van der Waals surface area contributed by atoms with E-state index in [2.05, 4.69) is 35.3 Å². The van der Waals surface area contributed by atoms with Gasteiger partial charge in [-0.3, -0.25) is 9.78 Å². The Balaban J connectivity index is 1.45. The van der Waals surface area contributed by atoms with Crippen molar-refractivity contribution >= 4 is 16.8 Å². The minimum Gasteiger partial charge on any atom is -0.459 e. The minimum atomic E-state index is -0.145. The summed E-state index contributed by atoms with van der Waals surface area (Å²) in [5.41, 5.74) is 5.25. The molecule has 0 unspecified atom stereocenters. The third kappa shape index (κ3) is 4.30. The first kappa shape index (κ1) is 19.8. The molecule has 0 aliphatic rings. The summed E-state index contributed by atoms with van der Waals surface area (Å²) in [4.78, 5) is 19.6. The Morgan fingerprint density at radius 3 is 2.38 bits per heavy atom. The molecule has 2 aromatic heterocycles. The van der Waals surface area contributed by atoms with Crippen LogP contribution in [0.25, 0.3) is 22.0 Å². The molecular formula is C28H22N2O2. The zero-order chi connectivity index (χ0) is 21.8. The lowest BCUT2D eigenvalue weighted by molar-refractivity contribution is 0.0697. The second-order valence-electron chi connectivity index (χ2n) is 7.74. The molecule has 3 aromatic carbocycles. The monoisotopic (exact) mass is 418 g/mol. The van der Waals surface area contributed by atoms with Gasteiger partial charge in [0.1, 0.15) is 0 Å².